The van der Waals surface area contributed by atoms with E-state index in [0.29, 0.717) is 11.3 Å². The Morgan fingerprint density at radius 2 is 2.15 bits per heavy atom. The lowest BCUT2D eigenvalue weighted by atomic mass is 10.1. The van der Waals surface area contributed by atoms with Crippen molar-refractivity contribution in [3.05, 3.63) is 29.8 Å². The highest BCUT2D eigenvalue weighted by Crippen LogP contribution is 2.16. The number of ether oxygens (including phenoxy) is 1. The molecule has 0 amide bonds. The van der Waals surface area contributed by atoms with Crippen molar-refractivity contribution < 1.29 is 14.3 Å². The molecule has 0 spiro atoms. The fourth-order valence-corrected chi connectivity index (χ4v) is 1.92. The molecule has 0 aliphatic heterocycles. The quantitative estimate of drug-likeness (QED) is 0.309. The summed E-state index contributed by atoms with van der Waals surface area (Å²) in [6.45, 7) is 4.07. The third-order valence-electron chi connectivity index (χ3n) is 3.03. The van der Waals surface area contributed by atoms with E-state index in [9.17, 15) is 9.59 Å². The zero-order chi connectivity index (χ0) is 14.8. The van der Waals surface area contributed by atoms with Crippen molar-refractivity contribution in [3.8, 4) is 0 Å². The van der Waals surface area contributed by atoms with Gasteiger partial charge in [0.2, 0.25) is 6.08 Å². The highest BCUT2D eigenvalue weighted by Gasteiger charge is 2.12. The van der Waals surface area contributed by atoms with Crippen LogP contribution in [0.4, 0.5) is 5.69 Å². The molecule has 4 heteroatoms. The molecule has 1 aromatic carbocycles. The summed E-state index contributed by atoms with van der Waals surface area (Å²) < 4.78 is 5.37. The van der Waals surface area contributed by atoms with Crippen LogP contribution in [0.3, 0.4) is 0 Å². The second-order valence-electron chi connectivity index (χ2n) is 4.82. The summed E-state index contributed by atoms with van der Waals surface area (Å²) in [5, 5.41) is 0. The Morgan fingerprint density at radius 1 is 1.35 bits per heavy atom. The minimum absolute atomic E-state index is 0.0995. The van der Waals surface area contributed by atoms with Gasteiger partial charge in [0.05, 0.1) is 17.4 Å². The molecule has 108 valence electrons. The standard InChI is InChI=1S/C16H21NO3/c1-3-4-5-6-8-13(2)20-16(19)14-9-7-10-15(11-14)17-12-18/h7,9-11,13H,3-6,8H2,1-2H3/t13-/m0/s1. The zero-order valence-corrected chi connectivity index (χ0v) is 12.1. The molecule has 20 heavy (non-hydrogen) atoms. The van der Waals surface area contributed by atoms with E-state index in [4.69, 9.17) is 4.74 Å². The van der Waals surface area contributed by atoms with Gasteiger partial charge in [-0.1, -0.05) is 32.3 Å². The number of hydrogen-bond donors (Lipinski definition) is 0. The average molecular weight is 275 g/mol. The van der Waals surface area contributed by atoms with Crippen LogP contribution in [0.15, 0.2) is 29.3 Å². The molecule has 0 saturated heterocycles. The SMILES string of the molecule is CCCCCC[C@H](C)OC(=O)c1cccc(N=C=O)c1. The molecule has 0 aliphatic carbocycles. The monoisotopic (exact) mass is 275 g/mol. The topological polar surface area (TPSA) is 55.7 Å². The molecule has 4 nitrogen and oxygen atoms in total. The van der Waals surface area contributed by atoms with E-state index >= 15 is 0 Å². The highest BCUT2D eigenvalue weighted by molar-refractivity contribution is 5.90. The summed E-state index contributed by atoms with van der Waals surface area (Å²) in [5.41, 5.74) is 0.812. The molecule has 0 heterocycles. The summed E-state index contributed by atoms with van der Waals surface area (Å²) in [5.74, 6) is -0.379. The van der Waals surface area contributed by atoms with Crippen LogP contribution in [0.5, 0.6) is 0 Å². The Hall–Kier alpha value is -1.93. The second kappa shape index (κ2) is 9.05. The van der Waals surface area contributed by atoms with E-state index in [1.54, 1.807) is 18.2 Å². The number of nitrogens with zero attached hydrogens (tertiary/aromatic N) is 1. The van der Waals surface area contributed by atoms with E-state index in [1.807, 2.05) is 6.92 Å². The van der Waals surface area contributed by atoms with Crippen LogP contribution in [-0.4, -0.2) is 18.2 Å². The first-order chi connectivity index (χ1) is 9.67. The Morgan fingerprint density at radius 3 is 2.85 bits per heavy atom. The van der Waals surface area contributed by atoms with Gasteiger partial charge in [-0.3, -0.25) is 0 Å². The molecule has 0 N–H and O–H groups in total. The molecular formula is C16H21NO3. The lowest BCUT2D eigenvalue weighted by Gasteiger charge is -2.13. The molecule has 0 aromatic heterocycles. The molecule has 0 bridgehead atoms. The van der Waals surface area contributed by atoms with E-state index in [2.05, 4.69) is 11.9 Å². The molecule has 0 aliphatic rings. The van der Waals surface area contributed by atoms with Crippen molar-refractivity contribution in [1.82, 2.24) is 0 Å². The van der Waals surface area contributed by atoms with Gasteiger partial charge in [-0.05, 0) is 38.0 Å². The van der Waals surface area contributed by atoms with Gasteiger partial charge in [0.1, 0.15) is 0 Å². The molecule has 0 saturated carbocycles. The number of carbonyl (C=O) groups is 1. The summed E-state index contributed by atoms with van der Waals surface area (Å²) in [6.07, 6.45) is 6.87. The van der Waals surface area contributed by atoms with Crippen molar-refractivity contribution in [1.29, 1.82) is 0 Å². The number of hydrogen-bond acceptors (Lipinski definition) is 4. The highest BCUT2D eigenvalue weighted by atomic mass is 16.5. The Labute approximate surface area is 119 Å². The van der Waals surface area contributed by atoms with Crippen LogP contribution in [0.2, 0.25) is 0 Å². The summed E-state index contributed by atoms with van der Waals surface area (Å²) >= 11 is 0. The van der Waals surface area contributed by atoms with E-state index in [-0.39, 0.29) is 12.1 Å². The average Bonchev–Trinajstić information content (AvgIpc) is 2.44. The maximum atomic E-state index is 11.9. The van der Waals surface area contributed by atoms with Crippen LogP contribution in [0.25, 0.3) is 0 Å². The molecule has 0 fully saturated rings. The summed E-state index contributed by atoms with van der Waals surface area (Å²) in [6, 6.07) is 6.47. The van der Waals surface area contributed by atoms with Gasteiger partial charge in [-0.25, -0.2) is 9.59 Å². The van der Waals surface area contributed by atoms with Crippen LogP contribution in [0, 0.1) is 0 Å². The fraction of sp³-hybridized carbons (Fsp3) is 0.500. The van der Waals surface area contributed by atoms with E-state index in [1.165, 1.54) is 31.4 Å². The van der Waals surface area contributed by atoms with Gasteiger partial charge >= 0.3 is 5.97 Å². The molecule has 1 rings (SSSR count). The number of carbonyl (C=O) groups excluding carboxylic acids is 2. The van der Waals surface area contributed by atoms with Crippen molar-refractivity contribution in [2.45, 2.75) is 52.1 Å². The minimum atomic E-state index is -0.379. The first-order valence-electron chi connectivity index (χ1n) is 7.06. The smallest absolute Gasteiger partial charge is 0.338 e. The summed E-state index contributed by atoms with van der Waals surface area (Å²) in [4.78, 5) is 25.6. The lowest BCUT2D eigenvalue weighted by molar-refractivity contribution is 0.0319. The maximum absolute atomic E-state index is 11.9. The number of aliphatic imine (C=N–C) groups is 1. The predicted octanol–water partition coefficient (Wildman–Crippen LogP) is 4.17. The fourth-order valence-electron chi connectivity index (χ4n) is 1.92. The third kappa shape index (κ3) is 5.81. The minimum Gasteiger partial charge on any atom is -0.459 e. The van der Waals surface area contributed by atoms with Gasteiger partial charge in [-0.2, -0.15) is 4.99 Å². The normalized spacial score (nSPS) is 11.5. The van der Waals surface area contributed by atoms with Gasteiger partial charge in [-0.15, -0.1) is 0 Å². The predicted molar refractivity (Wildman–Crippen MR) is 77.9 cm³/mol. The van der Waals surface area contributed by atoms with Crippen LogP contribution < -0.4 is 0 Å². The second-order valence-corrected chi connectivity index (χ2v) is 4.82. The molecule has 0 unspecified atom stereocenters. The number of esters is 1. The number of isocyanates is 1. The first-order valence-corrected chi connectivity index (χ1v) is 7.06. The molecule has 0 radical (unpaired) electrons. The Kier molecular flexibility index (Phi) is 7.30. The van der Waals surface area contributed by atoms with Gasteiger partial charge in [0.15, 0.2) is 0 Å². The number of unbranched alkanes of at least 4 members (excludes halogenated alkanes) is 3. The van der Waals surface area contributed by atoms with Crippen LogP contribution in [0.1, 0.15) is 56.3 Å². The maximum Gasteiger partial charge on any atom is 0.338 e. The third-order valence-corrected chi connectivity index (χ3v) is 3.03. The molecule has 1 aromatic rings. The summed E-state index contributed by atoms with van der Waals surface area (Å²) in [7, 11) is 0. The van der Waals surface area contributed by atoms with Crippen LogP contribution in [-0.2, 0) is 9.53 Å². The van der Waals surface area contributed by atoms with Crippen LogP contribution >= 0.6 is 0 Å². The largest absolute Gasteiger partial charge is 0.459 e. The van der Waals surface area contributed by atoms with Crippen molar-refractivity contribution in [2.75, 3.05) is 0 Å². The van der Waals surface area contributed by atoms with Gasteiger partial charge in [0.25, 0.3) is 0 Å². The Bertz CT molecular complexity index is 478. The first kappa shape index (κ1) is 16.1. The Balaban J connectivity index is 2.49. The molecule has 1 atom stereocenters. The van der Waals surface area contributed by atoms with E-state index < -0.39 is 0 Å². The van der Waals surface area contributed by atoms with Crippen molar-refractivity contribution >= 4 is 17.7 Å². The van der Waals surface area contributed by atoms with Crippen molar-refractivity contribution in [2.24, 2.45) is 4.99 Å². The van der Waals surface area contributed by atoms with E-state index in [0.717, 1.165) is 12.8 Å². The number of rotatable bonds is 8. The zero-order valence-electron chi connectivity index (χ0n) is 12.1. The lowest BCUT2D eigenvalue weighted by Crippen LogP contribution is -2.14. The van der Waals surface area contributed by atoms with Gasteiger partial charge < -0.3 is 4.74 Å². The molecular weight excluding hydrogens is 254 g/mol. The van der Waals surface area contributed by atoms with Gasteiger partial charge in [0, 0.05) is 0 Å². The van der Waals surface area contributed by atoms with Crippen molar-refractivity contribution in [3.63, 3.8) is 0 Å². The number of benzene rings is 1.